The van der Waals surface area contributed by atoms with Gasteiger partial charge in [0.15, 0.2) is 0 Å². The average molecular weight is 206 g/mol. The van der Waals surface area contributed by atoms with Crippen molar-refractivity contribution in [2.45, 2.75) is 26.2 Å². The van der Waals surface area contributed by atoms with Crippen LogP contribution in [0.1, 0.15) is 36.7 Å². The van der Waals surface area contributed by atoms with E-state index in [9.17, 15) is 4.79 Å². The number of hydrogen-bond donors (Lipinski definition) is 0. The molecule has 0 unspecified atom stereocenters. The van der Waals surface area contributed by atoms with E-state index >= 15 is 0 Å². The summed E-state index contributed by atoms with van der Waals surface area (Å²) >= 11 is 0.447. The van der Waals surface area contributed by atoms with Gasteiger partial charge in [0.1, 0.15) is 0 Å². The summed E-state index contributed by atoms with van der Waals surface area (Å²) in [6, 6.07) is 7.60. The molecule has 0 bridgehead atoms. The minimum atomic E-state index is -0.225. The number of rotatable bonds is 1. The largest absolute Gasteiger partial charge is 0.618 e. The topological polar surface area (TPSA) is 26.3 Å². The van der Waals surface area contributed by atoms with E-state index in [4.69, 9.17) is 3.79 Å². The van der Waals surface area contributed by atoms with Gasteiger partial charge in [-0.3, -0.25) is 0 Å². The van der Waals surface area contributed by atoms with E-state index in [2.05, 4.69) is 20.8 Å². The highest BCUT2D eigenvalue weighted by atomic mass is 27.1. The van der Waals surface area contributed by atoms with Gasteiger partial charge in [0.2, 0.25) is 0 Å². The fourth-order valence-corrected chi connectivity index (χ4v) is 1.46. The van der Waals surface area contributed by atoms with Crippen LogP contribution in [0.25, 0.3) is 0 Å². The van der Waals surface area contributed by atoms with E-state index in [0.29, 0.717) is 22.2 Å². The third-order valence-electron chi connectivity index (χ3n) is 2.17. The van der Waals surface area contributed by atoms with Gasteiger partial charge < -0.3 is 3.79 Å². The molecule has 0 aromatic heterocycles. The lowest BCUT2D eigenvalue weighted by Gasteiger charge is -2.18. The van der Waals surface area contributed by atoms with Gasteiger partial charge in [-0.25, -0.2) is 4.79 Å². The van der Waals surface area contributed by atoms with Gasteiger partial charge in [-0.2, -0.15) is 0 Å². The SMILES string of the molecule is CC(C)(C)c1ccc(C(=O)[O][AlH2])cc1. The zero-order chi connectivity index (χ0) is 10.8. The lowest BCUT2D eigenvalue weighted by atomic mass is 9.87. The van der Waals surface area contributed by atoms with Crippen molar-refractivity contribution in [1.29, 1.82) is 0 Å². The summed E-state index contributed by atoms with van der Waals surface area (Å²) in [5.41, 5.74) is 1.99. The van der Waals surface area contributed by atoms with E-state index in [1.807, 2.05) is 24.3 Å². The molecule has 1 aromatic rings. The second kappa shape index (κ2) is 4.17. The van der Waals surface area contributed by atoms with Crippen LogP contribution in [-0.4, -0.2) is 22.6 Å². The lowest BCUT2D eigenvalue weighted by Crippen LogP contribution is -2.11. The van der Waals surface area contributed by atoms with Crippen LogP contribution in [0.5, 0.6) is 0 Å². The third-order valence-corrected chi connectivity index (χ3v) is 2.54. The number of carbonyl (C=O) groups is 1. The summed E-state index contributed by atoms with van der Waals surface area (Å²) in [5.74, 6) is -0.225. The van der Waals surface area contributed by atoms with Crippen LogP contribution in [0.4, 0.5) is 0 Å². The number of carbonyl (C=O) groups excluding carboxylic acids is 1. The van der Waals surface area contributed by atoms with Gasteiger partial charge >= 0.3 is 22.6 Å². The summed E-state index contributed by atoms with van der Waals surface area (Å²) in [6.07, 6.45) is 0. The van der Waals surface area contributed by atoms with Crippen molar-refractivity contribution in [2.24, 2.45) is 0 Å². The molecule has 1 aromatic carbocycles. The van der Waals surface area contributed by atoms with Crippen LogP contribution in [0.2, 0.25) is 0 Å². The molecule has 0 aliphatic rings. The van der Waals surface area contributed by atoms with Gasteiger partial charge in [0, 0.05) is 0 Å². The molecule has 3 heteroatoms. The summed E-state index contributed by atoms with van der Waals surface area (Å²) in [5, 5.41) is 0. The van der Waals surface area contributed by atoms with Crippen molar-refractivity contribution >= 4 is 22.6 Å². The van der Waals surface area contributed by atoms with Gasteiger partial charge in [-0.15, -0.1) is 0 Å². The van der Waals surface area contributed by atoms with Gasteiger partial charge in [-0.05, 0) is 23.1 Å². The predicted octanol–water partition coefficient (Wildman–Crippen LogP) is 1.69. The summed E-state index contributed by atoms with van der Waals surface area (Å²) in [7, 11) is 0. The minimum absolute atomic E-state index is 0.128. The zero-order valence-corrected chi connectivity index (χ0v) is 11.1. The highest BCUT2D eigenvalue weighted by Gasteiger charge is 2.13. The Balaban J connectivity index is 2.95. The van der Waals surface area contributed by atoms with Gasteiger partial charge in [0.05, 0.1) is 5.56 Å². The number of benzene rings is 1. The molecule has 0 atom stereocenters. The van der Waals surface area contributed by atoms with Gasteiger partial charge in [-0.1, -0.05) is 32.9 Å². The Labute approximate surface area is 93.0 Å². The second-order valence-corrected chi connectivity index (χ2v) is 4.73. The standard InChI is InChI=1S/C11H14O2.Al.2H/c1-11(2,3)9-6-4-8(5-7-9)10(12)13;;;/h4-7H,1-3H3,(H,12,13);;;/q;+1;;/p-1. The fourth-order valence-electron chi connectivity index (χ4n) is 1.22. The molecule has 74 valence electrons. The summed E-state index contributed by atoms with van der Waals surface area (Å²) < 4.78 is 4.76. The van der Waals surface area contributed by atoms with Crippen molar-refractivity contribution in [1.82, 2.24) is 0 Å². The molecule has 0 amide bonds. The predicted molar refractivity (Wildman–Crippen MR) is 59.1 cm³/mol. The Kier molecular flexibility index (Phi) is 3.36. The normalized spacial score (nSPS) is 11.1. The highest BCUT2D eigenvalue weighted by Crippen LogP contribution is 2.22. The van der Waals surface area contributed by atoms with Crippen LogP contribution in [-0.2, 0) is 9.20 Å². The van der Waals surface area contributed by atoms with Crippen LogP contribution in [0.3, 0.4) is 0 Å². The highest BCUT2D eigenvalue weighted by molar-refractivity contribution is 6.09. The van der Waals surface area contributed by atoms with Crippen LogP contribution >= 0.6 is 0 Å². The number of hydrogen-bond acceptors (Lipinski definition) is 2. The molecular weight excluding hydrogens is 191 g/mol. The Hall–Kier alpha value is -0.778. The Morgan fingerprint density at radius 3 is 2.07 bits per heavy atom. The fraction of sp³-hybridized carbons (Fsp3) is 0.364. The van der Waals surface area contributed by atoms with E-state index in [0.717, 1.165) is 0 Å². The van der Waals surface area contributed by atoms with E-state index in [1.165, 1.54) is 5.56 Å². The first-order chi connectivity index (χ1) is 6.45. The molecule has 0 saturated heterocycles. The van der Waals surface area contributed by atoms with Crippen molar-refractivity contribution in [3.63, 3.8) is 0 Å². The third kappa shape index (κ3) is 2.60. The smallest absolute Gasteiger partial charge is 0.499 e. The van der Waals surface area contributed by atoms with Crippen LogP contribution in [0, 0.1) is 0 Å². The summed E-state index contributed by atoms with van der Waals surface area (Å²) in [4.78, 5) is 11.2. The molecule has 0 aliphatic carbocycles. The van der Waals surface area contributed by atoms with Crippen molar-refractivity contribution in [3.8, 4) is 0 Å². The first kappa shape index (κ1) is 11.3. The van der Waals surface area contributed by atoms with E-state index in [-0.39, 0.29) is 11.4 Å². The Morgan fingerprint density at radius 2 is 1.71 bits per heavy atom. The van der Waals surface area contributed by atoms with E-state index < -0.39 is 0 Å². The molecule has 0 spiro atoms. The molecule has 0 saturated carbocycles. The molecule has 0 N–H and O–H groups in total. The maximum Gasteiger partial charge on any atom is 0.499 e. The maximum atomic E-state index is 11.2. The summed E-state index contributed by atoms with van der Waals surface area (Å²) in [6.45, 7) is 6.44. The zero-order valence-electron chi connectivity index (χ0n) is 9.13. The Morgan fingerprint density at radius 1 is 1.21 bits per heavy atom. The van der Waals surface area contributed by atoms with Crippen molar-refractivity contribution < 1.29 is 8.58 Å². The molecule has 14 heavy (non-hydrogen) atoms. The van der Waals surface area contributed by atoms with Crippen LogP contribution in [0.15, 0.2) is 24.3 Å². The van der Waals surface area contributed by atoms with Crippen molar-refractivity contribution in [2.75, 3.05) is 0 Å². The molecule has 0 heterocycles. The lowest BCUT2D eigenvalue weighted by molar-refractivity contribution is 0.0749. The quantitative estimate of drug-likeness (QED) is 0.653. The molecular formula is C11H15AlO2. The molecule has 2 nitrogen and oxygen atoms in total. The Bertz CT molecular complexity index is 322. The van der Waals surface area contributed by atoms with Gasteiger partial charge in [0.25, 0.3) is 0 Å². The van der Waals surface area contributed by atoms with Crippen molar-refractivity contribution in [3.05, 3.63) is 35.4 Å². The monoisotopic (exact) mass is 206 g/mol. The maximum absolute atomic E-state index is 11.2. The molecule has 0 aliphatic heterocycles. The first-order valence-corrected chi connectivity index (χ1v) is 5.45. The molecule has 0 fully saturated rings. The first-order valence-electron chi connectivity index (χ1n) is 4.64. The molecule has 0 radical (unpaired) electrons. The second-order valence-electron chi connectivity index (χ2n) is 4.32. The van der Waals surface area contributed by atoms with Crippen LogP contribution < -0.4 is 0 Å². The average Bonchev–Trinajstić information content (AvgIpc) is 2.15. The van der Waals surface area contributed by atoms with E-state index in [1.54, 1.807) is 0 Å². The molecule has 1 rings (SSSR count). The minimum Gasteiger partial charge on any atom is -0.618 e.